The van der Waals surface area contributed by atoms with Crippen molar-refractivity contribution in [3.8, 4) is 23.0 Å². The van der Waals surface area contributed by atoms with E-state index in [1.54, 1.807) is 21.3 Å². The third-order valence-electron chi connectivity index (χ3n) is 4.03. The standard InChI is InChI=1S/C20H26O4/c1-6-24-17-10-9-16(14(2)11-17)8-7-15-12-18(21-3)20(23-5)19(13-15)22-4/h9-13H,6-8H2,1-5H3. The second-order valence-corrected chi connectivity index (χ2v) is 5.55. The fourth-order valence-corrected chi connectivity index (χ4v) is 2.76. The van der Waals surface area contributed by atoms with Gasteiger partial charge in [-0.2, -0.15) is 0 Å². The Morgan fingerprint density at radius 3 is 2.00 bits per heavy atom. The second-order valence-electron chi connectivity index (χ2n) is 5.55. The molecule has 0 unspecified atom stereocenters. The lowest BCUT2D eigenvalue weighted by atomic mass is 10.00. The quantitative estimate of drug-likeness (QED) is 0.727. The molecule has 0 radical (unpaired) electrons. The number of methoxy groups -OCH3 is 3. The lowest BCUT2D eigenvalue weighted by Crippen LogP contribution is -2.00. The van der Waals surface area contributed by atoms with Crippen molar-refractivity contribution >= 4 is 0 Å². The molecule has 2 aromatic carbocycles. The predicted octanol–water partition coefficient (Wildman–Crippen LogP) is 4.20. The first-order chi connectivity index (χ1) is 11.6. The van der Waals surface area contributed by atoms with E-state index in [0.717, 1.165) is 24.2 Å². The van der Waals surface area contributed by atoms with Crippen molar-refractivity contribution < 1.29 is 18.9 Å². The smallest absolute Gasteiger partial charge is 0.203 e. The molecular formula is C20H26O4. The van der Waals surface area contributed by atoms with Crippen LogP contribution in [0.4, 0.5) is 0 Å². The Labute approximate surface area is 144 Å². The van der Waals surface area contributed by atoms with Crippen LogP contribution < -0.4 is 18.9 Å². The third kappa shape index (κ3) is 4.13. The number of aryl methyl sites for hydroxylation is 3. The maximum Gasteiger partial charge on any atom is 0.203 e. The van der Waals surface area contributed by atoms with Crippen LogP contribution in [-0.4, -0.2) is 27.9 Å². The molecule has 4 heteroatoms. The van der Waals surface area contributed by atoms with Crippen LogP contribution in [-0.2, 0) is 12.8 Å². The molecule has 130 valence electrons. The number of ether oxygens (including phenoxy) is 4. The summed E-state index contributed by atoms with van der Waals surface area (Å²) >= 11 is 0. The van der Waals surface area contributed by atoms with Gasteiger partial charge >= 0.3 is 0 Å². The Balaban J connectivity index is 2.17. The van der Waals surface area contributed by atoms with Crippen LogP contribution in [0.5, 0.6) is 23.0 Å². The van der Waals surface area contributed by atoms with Gasteiger partial charge in [0.25, 0.3) is 0 Å². The highest BCUT2D eigenvalue weighted by Crippen LogP contribution is 2.38. The van der Waals surface area contributed by atoms with Crippen LogP contribution in [0.1, 0.15) is 23.6 Å². The SMILES string of the molecule is CCOc1ccc(CCc2cc(OC)c(OC)c(OC)c2)c(C)c1. The molecule has 24 heavy (non-hydrogen) atoms. The Bertz CT molecular complexity index is 654. The molecule has 0 fully saturated rings. The molecule has 0 N–H and O–H groups in total. The van der Waals surface area contributed by atoms with E-state index in [1.165, 1.54) is 11.1 Å². The number of benzene rings is 2. The molecule has 0 aromatic heterocycles. The van der Waals surface area contributed by atoms with E-state index in [2.05, 4.69) is 19.1 Å². The van der Waals surface area contributed by atoms with Crippen LogP contribution in [0.25, 0.3) is 0 Å². The van der Waals surface area contributed by atoms with Gasteiger partial charge in [-0.1, -0.05) is 6.07 Å². The van der Waals surface area contributed by atoms with Crippen molar-refractivity contribution in [3.63, 3.8) is 0 Å². The minimum absolute atomic E-state index is 0.626. The third-order valence-corrected chi connectivity index (χ3v) is 4.03. The first-order valence-electron chi connectivity index (χ1n) is 8.14. The van der Waals surface area contributed by atoms with Gasteiger partial charge in [-0.15, -0.1) is 0 Å². The molecule has 0 aliphatic carbocycles. The van der Waals surface area contributed by atoms with Crippen molar-refractivity contribution in [2.45, 2.75) is 26.7 Å². The topological polar surface area (TPSA) is 36.9 Å². The molecule has 2 rings (SSSR count). The molecule has 4 nitrogen and oxygen atoms in total. The monoisotopic (exact) mass is 330 g/mol. The van der Waals surface area contributed by atoms with Gasteiger partial charge in [-0.05, 0) is 67.6 Å². The van der Waals surface area contributed by atoms with Crippen LogP contribution in [0.2, 0.25) is 0 Å². The normalized spacial score (nSPS) is 10.4. The van der Waals surface area contributed by atoms with Gasteiger partial charge in [-0.3, -0.25) is 0 Å². The lowest BCUT2D eigenvalue weighted by Gasteiger charge is -2.14. The summed E-state index contributed by atoms with van der Waals surface area (Å²) < 4.78 is 21.7. The zero-order valence-electron chi connectivity index (χ0n) is 15.1. The summed E-state index contributed by atoms with van der Waals surface area (Å²) in [5.74, 6) is 2.93. The van der Waals surface area contributed by atoms with E-state index in [-0.39, 0.29) is 0 Å². The van der Waals surface area contributed by atoms with Gasteiger partial charge < -0.3 is 18.9 Å². The van der Waals surface area contributed by atoms with Crippen molar-refractivity contribution in [2.24, 2.45) is 0 Å². The van der Waals surface area contributed by atoms with Crippen molar-refractivity contribution in [3.05, 3.63) is 47.0 Å². The minimum atomic E-state index is 0.626. The summed E-state index contributed by atoms with van der Waals surface area (Å²) in [7, 11) is 4.89. The van der Waals surface area contributed by atoms with E-state index >= 15 is 0 Å². The number of hydrogen-bond donors (Lipinski definition) is 0. The first kappa shape index (κ1) is 18.0. The zero-order valence-corrected chi connectivity index (χ0v) is 15.1. The highest BCUT2D eigenvalue weighted by molar-refractivity contribution is 5.54. The van der Waals surface area contributed by atoms with Gasteiger partial charge in [0.05, 0.1) is 27.9 Å². The Hall–Kier alpha value is -2.36. The molecule has 0 heterocycles. The first-order valence-corrected chi connectivity index (χ1v) is 8.14. The summed E-state index contributed by atoms with van der Waals surface area (Å²) in [4.78, 5) is 0. The molecule has 0 atom stereocenters. The average molecular weight is 330 g/mol. The summed E-state index contributed by atoms with van der Waals surface area (Å²) in [5.41, 5.74) is 3.71. The molecule has 0 amide bonds. The summed E-state index contributed by atoms with van der Waals surface area (Å²) in [6.45, 7) is 4.80. The van der Waals surface area contributed by atoms with E-state index in [9.17, 15) is 0 Å². The van der Waals surface area contributed by atoms with Gasteiger partial charge in [0.15, 0.2) is 11.5 Å². The fourth-order valence-electron chi connectivity index (χ4n) is 2.76. The van der Waals surface area contributed by atoms with Gasteiger partial charge in [0, 0.05) is 0 Å². The Morgan fingerprint density at radius 2 is 1.50 bits per heavy atom. The Morgan fingerprint density at radius 1 is 0.833 bits per heavy atom. The van der Waals surface area contributed by atoms with E-state index in [1.807, 2.05) is 25.1 Å². The van der Waals surface area contributed by atoms with Crippen molar-refractivity contribution in [2.75, 3.05) is 27.9 Å². The summed E-state index contributed by atoms with van der Waals surface area (Å²) in [6, 6.07) is 10.3. The lowest BCUT2D eigenvalue weighted by molar-refractivity contribution is 0.324. The minimum Gasteiger partial charge on any atom is -0.494 e. The van der Waals surface area contributed by atoms with Crippen molar-refractivity contribution in [1.82, 2.24) is 0 Å². The molecule has 0 saturated heterocycles. The largest absolute Gasteiger partial charge is 0.494 e. The molecular weight excluding hydrogens is 304 g/mol. The van der Waals surface area contributed by atoms with Gasteiger partial charge in [-0.25, -0.2) is 0 Å². The molecule has 2 aromatic rings. The fraction of sp³-hybridized carbons (Fsp3) is 0.400. The average Bonchev–Trinajstić information content (AvgIpc) is 2.60. The highest BCUT2D eigenvalue weighted by atomic mass is 16.5. The molecule has 0 spiro atoms. The Kier molecular flexibility index (Phi) is 6.36. The number of rotatable bonds is 8. The van der Waals surface area contributed by atoms with Crippen LogP contribution in [0.15, 0.2) is 30.3 Å². The molecule has 0 bridgehead atoms. The second kappa shape index (κ2) is 8.48. The van der Waals surface area contributed by atoms with Gasteiger partial charge in [0.2, 0.25) is 5.75 Å². The summed E-state index contributed by atoms with van der Waals surface area (Å²) in [6.07, 6.45) is 1.84. The van der Waals surface area contributed by atoms with E-state index < -0.39 is 0 Å². The zero-order chi connectivity index (χ0) is 17.5. The predicted molar refractivity (Wildman–Crippen MR) is 95.9 cm³/mol. The molecule has 0 aliphatic rings. The van der Waals surface area contributed by atoms with E-state index in [0.29, 0.717) is 23.9 Å². The van der Waals surface area contributed by atoms with Crippen LogP contribution in [0, 0.1) is 6.92 Å². The number of hydrogen-bond acceptors (Lipinski definition) is 4. The van der Waals surface area contributed by atoms with Crippen LogP contribution in [0.3, 0.4) is 0 Å². The molecule has 0 saturated carbocycles. The maximum atomic E-state index is 5.54. The highest BCUT2D eigenvalue weighted by Gasteiger charge is 2.13. The van der Waals surface area contributed by atoms with E-state index in [4.69, 9.17) is 18.9 Å². The summed E-state index contributed by atoms with van der Waals surface area (Å²) in [5, 5.41) is 0. The van der Waals surface area contributed by atoms with Gasteiger partial charge in [0.1, 0.15) is 5.75 Å². The van der Waals surface area contributed by atoms with Crippen molar-refractivity contribution in [1.29, 1.82) is 0 Å². The molecule has 0 aliphatic heterocycles. The maximum absolute atomic E-state index is 5.54. The van der Waals surface area contributed by atoms with Crippen LogP contribution >= 0.6 is 0 Å².